The van der Waals surface area contributed by atoms with Crippen molar-refractivity contribution in [2.45, 2.75) is 64.0 Å². The Hall–Kier alpha value is -2.76. The largest absolute Gasteiger partial charge is 0.383 e. The molecular formula is C25H35FN6O. The molecule has 0 aromatic carbocycles. The molecule has 2 fully saturated rings. The molecule has 0 saturated heterocycles. The molecule has 178 valence electrons. The van der Waals surface area contributed by atoms with Crippen LogP contribution in [0.1, 0.15) is 51.9 Å². The van der Waals surface area contributed by atoms with Crippen molar-refractivity contribution in [3.63, 3.8) is 0 Å². The van der Waals surface area contributed by atoms with Crippen molar-refractivity contribution in [1.82, 2.24) is 9.97 Å². The zero-order chi connectivity index (χ0) is 23.7. The van der Waals surface area contributed by atoms with Crippen molar-refractivity contribution in [3.8, 4) is 17.3 Å². The van der Waals surface area contributed by atoms with Gasteiger partial charge in [-0.25, -0.2) is 14.4 Å². The number of pyridine rings is 2. The summed E-state index contributed by atoms with van der Waals surface area (Å²) in [5.41, 5.74) is 6.03. The van der Waals surface area contributed by atoms with Gasteiger partial charge in [0.25, 0.3) is 0 Å². The second-order valence-electron chi connectivity index (χ2n) is 9.12. The van der Waals surface area contributed by atoms with Gasteiger partial charge >= 0.3 is 0 Å². The van der Waals surface area contributed by atoms with Crippen molar-refractivity contribution in [3.05, 3.63) is 36.3 Å². The SMILES string of the molecule is COCC(C)N.N#CC1(CNc2cccc(-c3cc(NC4CCCCC4)ncc3F)n2)CC1. The molecule has 4 rings (SSSR count). The monoisotopic (exact) mass is 454 g/mol. The number of methoxy groups -OCH3 is 1. The van der Waals surface area contributed by atoms with E-state index in [1.807, 2.05) is 19.1 Å². The molecule has 2 heterocycles. The fourth-order valence-electron chi connectivity index (χ4n) is 3.85. The molecule has 2 saturated carbocycles. The summed E-state index contributed by atoms with van der Waals surface area (Å²) in [4.78, 5) is 8.74. The van der Waals surface area contributed by atoms with E-state index in [0.29, 0.717) is 42.1 Å². The maximum atomic E-state index is 14.4. The maximum absolute atomic E-state index is 14.4. The summed E-state index contributed by atoms with van der Waals surface area (Å²) in [6.07, 6.45) is 9.11. The minimum absolute atomic E-state index is 0.176. The van der Waals surface area contributed by atoms with E-state index in [9.17, 15) is 9.65 Å². The summed E-state index contributed by atoms with van der Waals surface area (Å²) in [6, 6.07) is 10.2. The van der Waals surface area contributed by atoms with Gasteiger partial charge < -0.3 is 21.1 Å². The Labute approximate surface area is 196 Å². The number of nitrogens with zero attached hydrogens (tertiary/aromatic N) is 3. The van der Waals surface area contributed by atoms with Crippen LogP contribution in [0.25, 0.3) is 11.3 Å². The fraction of sp³-hybridized carbons (Fsp3) is 0.560. The summed E-state index contributed by atoms with van der Waals surface area (Å²) in [7, 11) is 1.64. The number of anilines is 2. The lowest BCUT2D eigenvalue weighted by Gasteiger charge is -2.23. The summed E-state index contributed by atoms with van der Waals surface area (Å²) in [5.74, 6) is 0.969. The highest BCUT2D eigenvalue weighted by atomic mass is 19.1. The van der Waals surface area contributed by atoms with E-state index in [1.54, 1.807) is 19.2 Å². The first-order chi connectivity index (χ1) is 15.9. The maximum Gasteiger partial charge on any atom is 0.151 e. The predicted octanol–water partition coefficient (Wildman–Crippen LogP) is 4.72. The molecular weight excluding hydrogens is 419 g/mol. The molecule has 33 heavy (non-hydrogen) atoms. The fourth-order valence-corrected chi connectivity index (χ4v) is 3.85. The van der Waals surface area contributed by atoms with E-state index in [1.165, 1.54) is 25.5 Å². The van der Waals surface area contributed by atoms with Gasteiger partial charge in [-0.15, -0.1) is 0 Å². The standard InChI is InChI=1S/C21H24FN5.C4H11NO/c22-17-12-24-20(26-15-5-2-1-3-6-15)11-16(17)18-7-4-8-19(27-18)25-14-21(13-23)9-10-21;1-4(5)3-6-2/h4,7-8,11-12,15H,1-3,5-6,9-10,14H2,(H,24,26)(H,25,27);4H,3,5H2,1-2H3. The first kappa shape index (κ1) is 24.9. The Balaban J connectivity index is 0.000000454. The van der Waals surface area contributed by atoms with Gasteiger partial charge in [0, 0.05) is 31.3 Å². The Bertz CT molecular complexity index is 935. The molecule has 0 aliphatic heterocycles. The lowest BCUT2D eigenvalue weighted by Crippen LogP contribution is -2.22. The highest BCUT2D eigenvalue weighted by molar-refractivity contribution is 5.65. The smallest absolute Gasteiger partial charge is 0.151 e. The zero-order valence-corrected chi connectivity index (χ0v) is 19.6. The van der Waals surface area contributed by atoms with Crippen LogP contribution in [0, 0.1) is 22.6 Å². The van der Waals surface area contributed by atoms with Crippen molar-refractivity contribution >= 4 is 11.6 Å². The molecule has 2 aromatic rings. The highest BCUT2D eigenvalue weighted by Gasteiger charge is 2.42. The van der Waals surface area contributed by atoms with Crippen molar-refractivity contribution in [1.29, 1.82) is 5.26 Å². The molecule has 2 aliphatic carbocycles. The van der Waals surface area contributed by atoms with Crippen LogP contribution < -0.4 is 16.4 Å². The van der Waals surface area contributed by atoms with Crippen LogP contribution >= 0.6 is 0 Å². The molecule has 4 N–H and O–H groups in total. The zero-order valence-electron chi connectivity index (χ0n) is 19.6. The minimum Gasteiger partial charge on any atom is -0.383 e. The van der Waals surface area contributed by atoms with E-state index in [0.717, 1.165) is 25.7 Å². The normalized spacial score (nSPS) is 17.8. The number of hydrogen-bond acceptors (Lipinski definition) is 7. The Morgan fingerprint density at radius 1 is 1.27 bits per heavy atom. The van der Waals surface area contributed by atoms with Crippen LogP contribution in [-0.4, -0.2) is 42.3 Å². The number of rotatable bonds is 8. The Morgan fingerprint density at radius 3 is 2.64 bits per heavy atom. The molecule has 1 atom stereocenters. The van der Waals surface area contributed by atoms with Crippen molar-refractivity contribution < 1.29 is 9.13 Å². The summed E-state index contributed by atoms with van der Waals surface area (Å²) in [6.45, 7) is 3.14. The molecule has 0 amide bonds. The molecule has 2 aliphatic rings. The van der Waals surface area contributed by atoms with Crippen LogP contribution in [0.4, 0.5) is 16.0 Å². The van der Waals surface area contributed by atoms with Gasteiger partial charge in [0.15, 0.2) is 5.82 Å². The number of nitrogens with two attached hydrogens (primary N) is 1. The van der Waals surface area contributed by atoms with Crippen LogP contribution in [-0.2, 0) is 4.74 Å². The molecule has 7 nitrogen and oxygen atoms in total. The lowest BCUT2D eigenvalue weighted by molar-refractivity contribution is 0.185. The van der Waals surface area contributed by atoms with Gasteiger partial charge in [-0.3, -0.25) is 0 Å². The number of ether oxygens (including phenoxy) is 1. The third kappa shape index (κ3) is 7.65. The second kappa shape index (κ2) is 11.9. The van der Waals surface area contributed by atoms with E-state index in [4.69, 9.17) is 5.73 Å². The first-order valence-electron chi connectivity index (χ1n) is 11.7. The molecule has 1 unspecified atom stereocenters. The highest BCUT2D eigenvalue weighted by Crippen LogP contribution is 2.44. The quantitative estimate of drug-likeness (QED) is 0.529. The number of hydrogen-bond donors (Lipinski definition) is 3. The third-order valence-corrected chi connectivity index (χ3v) is 5.97. The average Bonchev–Trinajstić information content (AvgIpc) is 3.61. The van der Waals surface area contributed by atoms with Crippen molar-refractivity contribution in [2.24, 2.45) is 11.1 Å². The van der Waals surface area contributed by atoms with E-state index >= 15 is 0 Å². The Morgan fingerprint density at radius 2 is 2.03 bits per heavy atom. The van der Waals surface area contributed by atoms with E-state index < -0.39 is 0 Å². The van der Waals surface area contributed by atoms with Crippen LogP contribution in [0.15, 0.2) is 30.5 Å². The summed E-state index contributed by atoms with van der Waals surface area (Å²) in [5, 5.41) is 15.9. The number of nitrogens with one attached hydrogen (secondary N) is 2. The third-order valence-electron chi connectivity index (χ3n) is 5.97. The Kier molecular flexibility index (Phi) is 8.98. The van der Waals surface area contributed by atoms with Gasteiger partial charge in [-0.2, -0.15) is 5.26 Å². The van der Waals surface area contributed by atoms with Gasteiger partial charge in [-0.05, 0) is 50.8 Å². The van der Waals surface area contributed by atoms with E-state index in [2.05, 4.69) is 31.4 Å². The van der Waals surface area contributed by atoms with E-state index in [-0.39, 0.29) is 17.3 Å². The predicted molar refractivity (Wildman–Crippen MR) is 129 cm³/mol. The van der Waals surface area contributed by atoms with Gasteiger partial charge in [0.2, 0.25) is 0 Å². The molecule has 0 spiro atoms. The number of halogens is 1. The molecule has 0 radical (unpaired) electrons. The molecule has 0 bridgehead atoms. The van der Waals surface area contributed by atoms with Gasteiger partial charge in [0.05, 0.1) is 30.0 Å². The average molecular weight is 455 g/mol. The van der Waals surface area contributed by atoms with Gasteiger partial charge in [-0.1, -0.05) is 25.3 Å². The van der Waals surface area contributed by atoms with Gasteiger partial charge in [0.1, 0.15) is 11.6 Å². The lowest BCUT2D eigenvalue weighted by atomic mass is 9.95. The minimum atomic E-state index is -0.385. The van der Waals surface area contributed by atoms with Crippen LogP contribution in [0.5, 0.6) is 0 Å². The molecule has 2 aromatic heterocycles. The summed E-state index contributed by atoms with van der Waals surface area (Å²) < 4.78 is 19.1. The number of aromatic nitrogens is 2. The van der Waals surface area contributed by atoms with Crippen LogP contribution in [0.2, 0.25) is 0 Å². The molecule has 8 heteroatoms. The topological polar surface area (TPSA) is 109 Å². The summed E-state index contributed by atoms with van der Waals surface area (Å²) >= 11 is 0. The van der Waals surface area contributed by atoms with Crippen LogP contribution in [0.3, 0.4) is 0 Å². The number of nitriles is 1. The van der Waals surface area contributed by atoms with Crippen molar-refractivity contribution in [2.75, 3.05) is 30.9 Å². The second-order valence-corrected chi connectivity index (χ2v) is 9.12. The first-order valence-corrected chi connectivity index (χ1v) is 11.7.